The van der Waals surface area contributed by atoms with Crippen molar-refractivity contribution in [1.82, 2.24) is 19.6 Å². The van der Waals surface area contributed by atoms with Crippen LogP contribution < -0.4 is 26.4 Å². The predicted molar refractivity (Wildman–Crippen MR) is 150 cm³/mol. The van der Waals surface area contributed by atoms with Crippen molar-refractivity contribution in [2.75, 3.05) is 30.3 Å². The molecule has 0 aliphatic carbocycles. The number of carbonyl (C=O) groups is 1. The summed E-state index contributed by atoms with van der Waals surface area (Å²) < 4.78 is 97.8. The molecule has 1 amide bonds. The summed E-state index contributed by atoms with van der Waals surface area (Å²) in [6.45, 7) is 0.989. The van der Waals surface area contributed by atoms with E-state index in [-0.39, 0.29) is 61.2 Å². The fraction of sp³-hybridized carbons (Fsp3) is 0.370. The Hall–Kier alpha value is -4.09. The highest BCUT2D eigenvalue weighted by molar-refractivity contribution is 7.89. The number of piperazine rings is 1. The molecule has 44 heavy (non-hydrogen) atoms. The highest BCUT2D eigenvalue weighted by Gasteiger charge is 2.41. The average Bonchev–Trinajstić information content (AvgIpc) is 2.99. The summed E-state index contributed by atoms with van der Waals surface area (Å²) >= 11 is 0. The van der Waals surface area contributed by atoms with Crippen molar-refractivity contribution in [1.29, 1.82) is 0 Å². The van der Waals surface area contributed by atoms with E-state index in [0.29, 0.717) is 11.3 Å². The largest absolute Gasteiger partial charge is 0.573 e. The molecule has 0 bridgehead atoms. The van der Waals surface area contributed by atoms with Gasteiger partial charge in [-0.15, -0.1) is 13.2 Å². The Bertz CT molecular complexity index is 1570. The van der Waals surface area contributed by atoms with Gasteiger partial charge < -0.3 is 26.4 Å². The lowest BCUT2D eigenvalue weighted by Crippen LogP contribution is -2.60. The maximum absolute atomic E-state index is 14.0. The number of nitrogen functional groups attached to an aromatic ring is 1. The maximum Gasteiger partial charge on any atom is 0.573 e. The van der Waals surface area contributed by atoms with Crippen LogP contribution in [-0.4, -0.2) is 60.6 Å². The lowest BCUT2D eigenvalue weighted by Gasteiger charge is -2.40. The fourth-order valence-corrected chi connectivity index (χ4v) is 6.10. The lowest BCUT2D eigenvalue weighted by molar-refractivity contribution is -0.274. The Kier molecular flexibility index (Phi) is 9.60. The molecule has 238 valence electrons. The number of nitrogens with one attached hydrogen (secondary N) is 1. The first-order valence-corrected chi connectivity index (χ1v) is 14.8. The van der Waals surface area contributed by atoms with Crippen LogP contribution in [0.3, 0.4) is 0 Å². The number of nitrogens with zero attached hydrogens (tertiary/aromatic N) is 4. The maximum atomic E-state index is 14.0. The molecule has 0 radical (unpaired) electrons. The van der Waals surface area contributed by atoms with Crippen LogP contribution in [0, 0.1) is 0 Å². The number of carbonyl (C=O) groups excluding carboxylic acids is 1. The zero-order chi connectivity index (χ0) is 32.3. The SMILES string of the molecule is CCC(F)(F)c1ccc(CNC(=O)[C@H]2CN(c3cnc(CN)c(N)n3)CCN2S(=O)(=O)c2ccc(OC(F)(F)F)cc2)cc1. The van der Waals surface area contributed by atoms with Crippen molar-refractivity contribution in [3.8, 4) is 5.75 Å². The second-order valence-electron chi connectivity index (χ2n) is 9.83. The van der Waals surface area contributed by atoms with Crippen LogP contribution in [0.25, 0.3) is 0 Å². The number of hydrogen-bond acceptors (Lipinski definition) is 9. The number of nitrogens with two attached hydrogens (primary N) is 2. The number of anilines is 2. The van der Waals surface area contributed by atoms with Gasteiger partial charge in [-0.2, -0.15) is 4.31 Å². The highest BCUT2D eigenvalue weighted by Crippen LogP contribution is 2.31. The van der Waals surface area contributed by atoms with E-state index >= 15 is 0 Å². The summed E-state index contributed by atoms with van der Waals surface area (Å²) in [5, 5.41) is 2.65. The van der Waals surface area contributed by atoms with Crippen molar-refractivity contribution in [2.45, 2.75) is 49.7 Å². The van der Waals surface area contributed by atoms with E-state index in [4.69, 9.17) is 11.5 Å². The average molecular weight is 644 g/mol. The van der Waals surface area contributed by atoms with E-state index in [2.05, 4.69) is 20.0 Å². The smallest absolute Gasteiger partial charge is 0.406 e. The first-order valence-electron chi connectivity index (χ1n) is 13.3. The summed E-state index contributed by atoms with van der Waals surface area (Å²) in [5.74, 6) is -3.99. The molecule has 5 N–H and O–H groups in total. The molecule has 0 spiro atoms. The van der Waals surface area contributed by atoms with Gasteiger partial charge in [0.2, 0.25) is 15.9 Å². The summed E-state index contributed by atoms with van der Waals surface area (Å²) in [6.07, 6.45) is -3.95. The van der Waals surface area contributed by atoms with Crippen molar-refractivity contribution in [2.24, 2.45) is 5.73 Å². The molecule has 1 fully saturated rings. The zero-order valence-electron chi connectivity index (χ0n) is 23.4. The van der Waals surface area contributed by atoms with Crippen LogP contribution in [0.5, 0.6) is 5.75 Å². The van der Waals surface area contributed by atoms with E-state index in [1.54, 1.807) is 4.90 Å². The molecule has 11 nitrogen and oxygen atoms in total. The van der Waals surface area contributed by atoms with Crippen LogP contribution in [0.4, 0.5) is 33.6 Å². The molecule has 3 aromatic rings. The van der Waals surface area contributed by atoms with Crippen molar-refractivity contribution in [3.63, 3.8) is 0 Å². The van der Waals surface area contributed by atoms with Crippen molar-refractivity contribution >= 4 is 27.6 Å². The molecule has 1 aliphatic heterocycles. The zero-order valence-corrected chi connectivity index (χ0v) is 24.2. The predicted octanol–water partition coefficient (Wildman–Crippen LogP) is 3.11. The minimum absolute atomic E-state index is 0.0417. The van der Waals surface area contributed by atoms with Crippen LogP contribution in [-0.2, 0) is 33.8 Å². The van der Waals surface area contributed by atoms with Crippen LogP contribution in [0.15, 0.2) is 59.6 Å². The van der Waals surface area contributed by atoms with Gasteiger partial charge in [0.1, 0.15) is 23.4 Å². The van der Waals surface area contributed by atoms with Gasteiger partial charge in [0, 0.05) is 44.7 Å². The lowest BCUT2D eigenvalue weighted by atomic mass is 10.0. The topological polar surface area (TPSA) is 157 Å². The van der Waals surface area contributed by atoms with Crippen LogP contribution >= 0.6 is 0 Å². The third kappa shape index (κ3) is 7.51. The Morgan fingerprint density at radius 1 is 1.07 bits per heavy atom. The Morgan fingerprint density at radius 3 is 2.30 bits per heavy atom. The molecule has 17 heteroatoms. The van der Waals surface area contributed by atoms with Gasteiger partial charge in [0.15, 0.2) is 0 Å². The van der Waals surface area contributed by atoms with Gasteiger partial charge in [-0.1, -0.05) is 31.2 Å². The van der Waals surface area contributed by atoms with Gasteiger partial charge in [-0.3, -0.25) is 9.78 Å². The van der Waals surface area contributed by atoms with Crippen LogP contribution in [0.1, 0.15) is 30.2 Å². The molecule has 4 rings (SSSR count). The highest BCUT2D eigenvalue weighted by atomic mass is 32.2. The van der Waals surface area contributed by atoms with Gasteiger partial charge in [-0.25, -0.2) is 22.2 Å². The summed E-state index contributed by atoms with van der Waals surface area (Å²) in [4.78, 5) is 23.2. The number of ether oxygens (including phenoxy) is 1. The third-order valence-corrected chi connectivity index (χ3v) is 8.89. The molecular formula is C27H30F5N7O4S. The standard InChI is InChI=1S/C27H30F5N7O4S/c1-2-26(28,29)18-5-3-17(4-6-18)14-36-25(40)22-16-38(23-15-35-21(13-33)24(34)37-23)11-12-39(22)44(41,42)20-9-7-19(8-10-20)43-27(30,31)32/h3-10,15,22H,2,11-14,16,33H2,1H3,(H2,34,37)(H,36,40)/t22-/m1/s1. The van der Waals surface area contributed by atoms with Crippen LogP contribution in [0.2, 0.25) is 0 Å². The number of aromatic nitrogens is 2. The number of benzene rings is 2. The quantitative estimate of drug-likeness (QED) is 0.283. The Morgan fingerprint density at radius 2 is 1.73 bits per heavy atom. The molecule has 2 aromatic carbocycles. The minimum atomic E-state index is -4.97. The molecule has 2 heterocycles. The summed E-state index contributed by atoms with van der Waals surface area (Å²) in [5.41, 5.74) is 12.2. The van der Waals surface area contributed by atoms with Gasteiger partial charge in [0.25, 0.3) is 5.92 Å². The molecule has 1 saturated heterocycles. The van der Waals surface area contributed by atoms with Gasteiger partial charge in [0.05, 0.1) is 16.8 Å². The molecule has 1 aromatic heterocycles. The van der Waals surface area contributed by atoms with Gasteiger partial charge >= 0.3 is 6.36 Å². The molecule has 1 atom stereocenters. The number of halogens is 5. The van der Waals surface area contributed by atoms with Crippen molar-refractivity contribution in [3.05, 3.63) is 71.5 Å². The second kappa shape index (κ2) is 12.9. The van der Waals surface area contributed by atoms with E-state index in [9.17, 15) is 35.2 Å². The molecule has 0 unspecified atom stereocenters. The molecule has 1 aliphatic rings. The minimum Gasteiger partial charge on any atom is -0.406 e. The fourth-order valence-electron chi connectivity index (χ4n) is 4.53. The van der Waals surface area contributed by atoms with E-state index in [1.807, 2.05) is 0 Å². The number of hydrogen-bond donors (Lipinski definition) is 3. The molecule has 0 saturated carbocycles. The van der Waals surface area contributed by atoms with Gasteiger partial charge in [-0.05, 0) is 29.8 Å². The normalized spacial score (nSPS) is 16.5. The first kappa shape index (κ1) is 32.8. The first-order chi connectivity index (χ1) is 20.6. The number of sulfonamides is 1. The second-order valence-corrected chi connectivity index (χ2v) is 11.7. The Balaban J connectivity index is 1.59. The number of alkyl halides is 5. The Labute approximate surface area is 250 Å². The monoisotopic (exact) mass is 643 g/mol. The number of amides is 1. The molecular weight excluding hydrogens is 613 g/mol. The number of rotatable bonds is 10. The summed E-state index contributed by atoms with van der Waals surface area (Å²) in [6, 6.07) is 7.65. The summed E-state index contributed by atoms with van der Waals surface area (Å²) in [7, 11) is -4.40. The third-order valence-electron chi connectivity index (χ3n) is 6.97. The van der Waals surface area contributed by atoms with E-state index in [0.717, 1.165) is 28.6 Å². The van der Waals surface area contributed by atoms with Crippen molar-refractivity contribution < 1.29 is 39.9 Å². The van der Waals surface area contributed by atoms with E-state index < -0.39 is 40.0 Å². The van der Waals surface area contributed by atoms with E-state index in [1.165, 1.54) is 37.4 Å².